The van der Waals surface area contributed by atoms with E-state index in [9.17, 15) is 4.79 Å². The van der Waals surface area contributed by atoms with E-state index >= 15 is 0 Å². The lowest BCUT2D eigenvalue weighted by Crippen LogP contribution is -2.40. The molecule has 0 saturated carbocycles. The van der Waals surface area contributed by atoms with Crippen molar-refractivity contribution in [1.29, 1.82) is 0 Å². The predicted octanol–water partition coefficient (Wildman–Crippen LogP) is 2.22. The third kappa shape index (κ3) is 3.04. The van der Waals surface area contributed by atoms with Gasteiger partial charge in [0.15, 0.2) is 0 Å². The Hall–Kier alpha value is -1.35. The average molecular weight is 272 g/mol. The van der Waals surface area contributed by atoms with Crippen molar-refractivity contribution in [2.45, 2.75) is 38.0 Å². The third-order valence-corrected chi connectivity index (χ3v) is 4.65. The monoisotopic (exact) mass is 272 g/mol. The number of nitrogens with one attached hydrogen (secondary N) is 2. The van der Waals surface area contributed by atoms with Crippen LogP contribution in [0.4, 0.5) is 0 Å². The number of aryl methyl sites for hydroxylation is 1. The molecule has 3 heteroatoms. The summed E-state index contributed by atoms with van der Waals surface area (Å²) in [7, 11) is 0. The SMILES string of the molecule is O=C(NCC1CCCNC1)C1CCCc2ccccc21. The van der Waals surface area contributed by atoms with Crippen molar-refractivity contribution in [3.63, 3.8) is 0 Å². The van der Waals surface area contributed by atoms with Gasteiger partial charge in [-0.05, 0) is 62.2 Å². The normalized spacial score (nSPS) is 25.8. The topological polar surface area (TPSA) is 41.1 Å². The molecule has 1 aromatic carbocycles. The number of amides is 1. The van der Waals surface area contributed by atoms with Gasteiger partial charge in [-0.2, -0.15) is 0 Å². The zero-order valence-electron chi connectivity index (χ0n) is 12.0. The van der Waals surface area contributed by atoms with Gasteiger partial charge in [-0.1, -0.05) is 24.3 Å². The predicted molar refractivity (Wildman–Crippen MR) is 80.7 cm³/mol. The molecular formula is C17H24N2O. The van der Waals surface area contributed by atoms with Crippen LogP contribution in [-0.4, -0.2) is 25.5 Å². The van der Waals surface area contributed by atoms with Crippen molar-refractivity contribution in [2.75, 3.05) is 19.6 Å². The van der Waals surface area contributed by atoms with Gasteiger partial charge in [-0.25, -0.2) is 0 Å². The van der Waals surface area contributed by atoms with Gasteiger partial charge in [0.2, 0.25) is 5.91 Å². The highest BCUT2D eigenvalue weighted by atomic mass is 16.1. The van der Waals surface area contributed by atoms with E-state index in [4.69, 9.17) is 0 Å². The van der Waals surface area contributed by atoms with Gasteiger partial charge in [0.25, 0.3) is 0 Å². The van der Waals surface area contributed by atoms with E-state index in [1.165, 1.54) is 24.0 Å². The molecule has 3 nitrogen and oxygen atoms in total. The standard InChI is InChI=1S/C17H24N2O/c20-17(19-12-13-5-4-10-18-11-13)16-9-3-7-14-6-1-2-8-15(14)16/h1-2,6,8,13,16,18H,3-5,7,9-12H2,(H,19,20). The smallest absolute Gasteiger partial charge is 0.227 e. The van der Waals surface area contributed by atoms with Gasteiger partial charge in [0.05, 0.1) is 5.92 Å². The van der Waals surface area contributed by atoms with Gasteiger partial charge in [0, 0.05) is 6.54 Å². The summed E-state index contributed by atoms with van der Waals surface area (Å²) in [5, 5.41) is 6.59. The largest absolute Gasteiger partial charge is 0.355 e. The molecular weight excluding hydrogens is 248 g/mol. The molecule has 1 aliphatic heterocycles. The number of piperidine rings is 1. The molecule has 2 aliphatic rings. The van der Waals surface area contributed by atoms with Crippen LogP contribution in [0.5, 0.6) is 0 Å². The Morgan fingerprint density at radius 1 is 1.25 bits per heavy atom. The van der Waals surface area contributed by atoms with Gasteiger partial charge in [-0.15, -0.1) is 0 Å². The quantitative estimate of drug-likeness (QED) is 0.886. The number of carbonyl (C=O) groups is 1. The van der Waals surface area contributed by atoms with Crippen molar-refractivity contribution in [3.05, 3.63) is 35.4 Å². The van der Waals surface area contributed by atoms with Crippen LogP contribution < -0.4 is 10.6 Å². The van der Waals surface area contributed by atoms with Crippen LogP contribution in [0.15, 0.2) is 24.3 Å². The highest BCUT2D eigenvalue weighted by Gasteiger charge is 2.26. The molecule has 1 saturated heterocycles. The van der Waals surface area contributed by atoms with E-state index in [2.05, 4.69) is 34.9 Å². The molecule has 1 aliphatic carbocycles. The number of hydrogen-bond donors (Lipinski definition) is 2. The lowest BCUT2D eigenvalue weighted by atomic mass is 9.82. The van der Waals surface area contributed by atoms with Crippen molar-refractivity contribution in [2.24, 2.45) is 5.92 Å². The molecule has 2 atom stereocenters. The van der Waals surface area contributed by atoms with Crippen LogP contribution in [0.2, 0.25) is 0 Å². The number of benzene rings is 1. The fourth-order valence-electron chi connectivity index (χ4n) is 3.49. The van der Waals surface area contributed by atoms with Gasteiger partial charge in [0.1, 0.15) is 0 Å². The van der Waals surface area contributed by atoms with Crippen LogP contribution in [-0.2, 0) is 11.2 Å². The summed E-state index contributed by atoms with van der Waals surface area (Å²) < 4.78 is 0. The molecule has 1 aromatic rings. The van der Waals surface area contributed by atoms with Crippen LogP contribution in [0, 0.1) is 5.92 Å². The Morgan fingerprint density at radius 3 is 3.00 bits per heavy atom. The van der Waals surface area contributed by atoms with Gasteiger partial charge >= 0.3 is 0 Å². The first-order valence-corrected chi connectivity index (χ1v) is 7.91. The summed E-state index contributed by atoms with van der Waals surface area (Å²) in [6, 6.07) is 8.42. The van der Waals surface area contributed by atoms with E-state index in [0.29, 0.717) is 5.92 Å². The highest BCUT2D eigenvalue weighted by molar-refractivity contribution is 5.84. The van der Waals surface area contributed by atoms with Crippen LogP contribution >= 0.6 is 0 Å². The highest BCUT2D eigenvalue weighted by Crippen LogP contribution is 2.31. The summed E-state index contributed by atoms with van der Waals surface area (Å²) in [6.07, 6.45) is 5.69. The molecule has 1 heterocycles. The molecule has 0 spiro atoms. The second kappa shape index (κ2) is 6.40. The maximum atomic E-state index is 12.5. The average Bonchev–Trinajstić information content (AvgIpc) is 2.53. The van der Waals surface area contributed by atoms with E-state index in [0.717, 1.165) is 38.9 Å². The second-order valence-electron chi connectivity index (χ2n) is 6.10. The molecule has 2 N–H and O–H groups in total. The van der Waals surface area contributed by atoms with E-state index < -0.39 is 0 Å². The summed E-state index contributed by atoms with van der Waals surface area (Å²) in [4.78, 5) is 12.5. The molecule has 20 heavy (non-hydrogen) atoms. The van der Waals surface area contributed by atoms with Gasteiger partial charge < -0.3 is 10.6 Å². The Labute approximate surface area is 121 Å². The first-order chi connectivity index (χ1) is 9.84. The minimum absolute atomic E-state index is 0.0662. The Balaban J connectivity index is 1.60. The lowest BCUT2D eigenvalue weighted by Gasteiger charge is -2.27. The summed E-state index contributed by atoms with van der Waals surface area (Å²) >= 11 is 0. The number of carbonyl (C=O) groups excluding carboxylic acids is 1. The summed E-state index contributed by atoms with van der Waals surface area (Å²) in [6.45, 7) is 2.99. The maximum Gasteiger partial charge on any atom is 0.227 e. The zero-order chi connectivity index (χ0) is 13.8. The van der Waals surface area contributed by atoms with Crippen molar-refractivity contribution < 1.29 is 4.79 Å². The van der Waals surface area contributed by atoms with Crippen molar-refractivity contribution >= 4 is 5.91 Å². The number of rotatable bonds is 3. The number of fused-ring (bicyclic) bond motifs is 1. The minimum atomic E-state index is 0.0662. The number of hydrogen-bond acceptors (Lipinski definition) is 2. The molecule has 0 radical (unpaired) electrons. The fraction of sp³-hybridized carbons (Fsp3) is 0.588. The Morgan fingerprint density at radius 2 is 2.15 bits per heavy atom. The summed E-state index contributed by atoms with van der Waals surface area (Å²) in [5.41, 5.74) is 2.61. The zero-order valence-corrected chi connectivity index (χ0v) is 12.0. The Kier molecular flexibility index (Phi) is 4.36. The Bertz CT molecular complexity index is 466. The third-order valence-electron chi connectivity index (χ3n) is 4.65. The van der Waals surface area contributed by atoms with Crippen LogP contribution in [0.25, 0.3) is 0 Å². The maximum absolute atomic E-state index is 12.5. The molecule has 1 fully saturated rings. The van der Waals surface area contributed by atoms with E-state index in [1.807, 2.05) is 0 Å². The van der Waals surface area contributed by atoms with Crippen molar-refractivity contribution in [3.8, 4) is 0 Å². The fourth-order valence-corrected chi connectivity index (χ4v) is 3.49. The minimum Gasteiger partial charge on any atom is -0.355 e. The molecule has 0 aromatic heterocycles. The molecule has 2 unspecified atom stereocenters. The lowest BCUT2D eigenvalue weighted by molar-refractivity contribution is -0.123. The molecule has 3 rings (SSSR count). The summed E-state index contributed by atoms with van der Waals surface area (Å²) in [5.74, 6) is 0.894. The van der Waals surface area contributed by atoms with Crippen LogP contribution in [0.1, 0.15) is 42.7 Å². The van der Waals surface area contributed by atoms with E-state index in [1.54, 1.807) is 0 Å². The van der Waals surface area contributed by atoms with Crippen LogP contribution in [0.3, 0.4) is 0 Å². The second-order valence-corrected chi connectivity index (χ2v) is 6.10. The van der Waals surface area contributed by atoms with Gasteiger partial charge in [-0.3, -0.25) is 4.79 Å². The van der Waals surface area contributed by atoms with E-state index in [-0.39, 0.29) is 11.8 Å². The molecule has 0 bridgehead atoms. The molecule has 1 amide bonds. The first kappa shape index (κ1) is 13.6. The molecule has 108 valence electrons. The first-order valence-electron chi connectivity index (χ1n) is 7.91. The van der Waals surface area contributed by atoms with Crippen molar-refractivity contribution in [1.82, 2.24) is 10.6 Å².